The minimum Gasteiger partial charge on any atom is -0.497 e. The Hall–Kier alpha value is -1.18. The molecule has 1 aromatic carbocycles. The molecule has 0 unspecified atom stereocenters. The number of methoxy groups -OCH3 is 1. The molecule has 0 heterocycles. The zero-order chi connectivity index (χ0) is 13.4. The summed E-state index contributed by atoms with van der Waals surface area (Å²) in [6.07, 6.45) is 0. The molecular weight excluding hydrogens is 210 g/mol. The fourth-order valence-corrected chi connectivity index (χ4v) is 1.99. The molecule has 0 aliphatic rings. The van der Waals surface area contributed by atoms with Gasteiger partial charge in [0.2, 0.25) is 0 Å². The number of rotatable bonds is 1. The van der Waals surface area contributed by atoms with E-state index in [1.165, 1.54) is 0 Å². The van der Waals surface area contributed by atoms with Crippen LogP contribution in [-0.2, 0) is 10.8 Å². The van der Waals surface area contributed by atoms with Gasteiger partial charge in [0.25, 0.3) is 0 Å². The summed E-state index contributed by atoms with van der Waals surface area (Å²) in [5.41, 5.74) is 9.58. The van der Waals surface area contributed by atoms with Gasteiger partial charge in [0.1, 0.15) is 5.75 Å². The molecule has 0 spiro atoms. The van der Waals surface area contributed by atoms with Crippen LogP contribution in [0.15, 0.2) is 12.1 Å². The van der Waals surface area contributed by atoms with Gasteiger partial charge in [-0.2, -0.15) is 0 Å². The monoisotopic (exact) mass is 235 g/mol. The van der Waals surface area contributed by atoms with Gasteiger partial charge in [-0.05, 0) is 34.1 Å². The van der Waals surface area contributed by atoms with Gasteiger partial charge < -0.3 is 10.5 Å². The topological polar surface area (TPSA) is 35.2 Å². The molecule has 0 saturated heterocycles. The van der Waals surface area contributed by atoms with Crippen LogP contribution in [0.2, 0.25) is 0 Å². The third kappa shape index (κ3) is 2.93. The van der Waals surface area contributed by atoms with Crippen molar-refractivity contribution in [1.82, 2.24) is 0 Å². The van der Waals surface area contributed by atoms with Crippen LogP contribution in [0, 0.1) is 0 Å². The van der Waals surface area contributed by atoms with Crippen molar-refractivity contribution in [3.05, 3.63) is 23.3 Å². The highest BCUT2D eigenvalue weighted by molar-refractivity contribution is 5.61. The number of ether oxygens (including phenoxy) is 1. The smallest absolute Gasteiger partial charge is 0.119 e. The van der Waals surface area contributed by atoms with Gasteiger partial charge in [-0.15, -0.1) is 0 Å². The predicted octanol–water partition coefficient (Wildman–Crippen LogP) is 3.87. The van der Waals surface area contributed by atoms with E-state index in [4.69, 9.17) is 10.5 Å². The molecule has 17 heavy (non-hydrogen) atoms. The van der Waals surface area contributed by atoms with Crippen LogP contribution in [-0.4, -0.2) is 7.11 Å². The van der Waals surface area contributed by atoms with Crippen molar-refractivity contribution in [2.75, 3.05) is 12.8 Å². The molecule has 0 atom stereocenters. The zero-order valence-electron chi connectivity index (χ0n) is 12.1. The summed E-state index contributed by atoms with van der Waals surface area (Å²) < 4.78 is 5.39. The van der Waals surface area contributed by atoms with E-state index >= 15 is 0 Å². The Morgan fingerprint density at radius 3 is 1.47 bits per heavy atom. The standard InChI is InChI=1S/C15H25NO/c1-14(2,3)11-8-10(17-7)9-12(13(11)16)15(4,5)6/h8-9H,16H2,1-7H3. The molecule has 0 amide bonds. The van der Waals surface area contributed by atoms with E-state index in [9.17, 15) is 0 Å². The molecule has 1 rings (SSSR count). The first-order valence-corrected chi connectivity index (χ1v) is 6.06. The molecule has 1 aromatic rings. The Balaban J connectivity index is 3.53. The highest BCUT2D eigenvalue weighted by Gasteiger charge is 2.25. The largest absolute Gasteiger partial charge is 0.497 e. The van der Waals surface area contributed by atoms with Crippen LogP contribution in [0.4, 0.5) is 5.69 Å². The van der Waals surface area contributed by atoms with Crippen LogP contribution in [0.25, 0.3) is 0 Å². The molecule has 0 aliphatic carbocycles. The van der Waals surface area contributed by atoms with Gasteiger partial charge in [-0.1, -0.05) is 41.5 Å². The number of hydrogen-bond acceptors (Lipinski definition) is 2. The fourth-order valence-electron chi connectivity index (χ4n) is 1.99. The van der Waals surface area contributed by atoms with E-state index in [1.54, 1.807) is 7.11 Å². The van der Waals surface area contributed by atoms with Gasteiger partial charge in [0.05, 0.1) is 7.11 Å². The normalized spacial score (nSPS) is 12.6. The lowest BCUT2D eigenvalue weighted by Gasteiger charge is -2.28. The summed E-state index contributed by atoms with van der Waals surface area (Å²) in [4.78, 5) is 0. The first-order chi connectivity index (χ1) is 7.57. The van der Waals surface area contributed by atoms with Crippen LogP contribution in [0.5, 0.6) is 5.75 Å². The summed E-state index contributed by atoms with van der Waals surface area (Å²) >= 11 is 0. The molecule has 0 bridgehead atoms. The van der Waals surface area contributed by atoms with Gasteiger partial charge in [-0.3, -0.25) is 0 Å². The quantitative estimate of drug-likeness (QED) is 0.750. The van der Waals surface area contributed by atoms with Gasteiger partial charge >= 0.3 is 0 Å². The second-order valence-corrected chi connectivity index (χ2v) is 6.64. The van der Waals surface area contributed by atoms with Crippen molar-refractivity contribution in [3.8, 4) is 5.75 Å². The summed E-state index contributed by atoms with van der Waals surface area (Å²) in [7, 11) is 1.70. The average Bonchev–Trinajstić information content (AvgIpc) is 2.14. The number of hydrogen-bond donors (Lipinski definition) is 1. The second kappa shape index (κ2) is 4.25. The average molecular weight is 235 g/mol. The maximum absolute atomic E-state index is 6.32. The van der Waals surface area contributed by atoms with Crippen molar-refractivity contribution >= 4 is 5.69 Å². The Morgan fingerprint density at radius 1 is 0.882 bits per heavy atom. The van der Waals surface area contributed by atoms with Crippen molar-refractivity contribution in [1.29, 1.82) is 0 Å². The van der Waals surface area contributed by atoms with E-state index in [0.717, 1.165) is 22.6 Å². The minimum absolute atomic E-state index is 0.0264. The summed E-state index contributed by atoms with van der Waals surface area (Å²) in [6, 6.07) is 4.09. The predicted molar refractivity (Wildman–Crippen MR) is 74.8 cm³/mol. The SMILES string of the molecule is COc1cc(C(C)(C)C)c(N)c(C(C)(C)C)c1. The van der Waals surface area contributed by atoms with Gasteiger partial charge in [0, 0.05) is 5.69 Å². The van der Waals surface area contributed by atoms with Crippen LogP contribution >= 0.6 is 0 Å². The molecule has 2 heteroatoms. The minimum atomic E-state index is 0.0264. The Morgan fingerprint density at radius 2 is 1.24 bits per heavy atom. The van der Waals surface area contributed by atoms with Crippen molar-refractivity contribution < 1.29 is 4.74 Å². The Labute approximate surface area is 105 Å². The zero-order valence-corrected chi connectivity index (χ0v) is 12.1. The molecule has 2 nitrogen and oxygen atoms in total. The van der Waals surface area contributed by atoms with E-state index in [2.05, 4.69) is 41.5 Å². The van der Waals surface area contributed by atoms with E-state index in [-0.39, 0.29) is 10.8 Å². The third-order valence-corrected chi connectivity index (χ3v) is 3.01. The van der Waals surface area contributed by atoms with E-state index < -0.39 is 0 Å². The lowest BCUT2D eigenvalue weighted by Crippen LogP contribution is -2.20. The molecule has 0 aliphatic heterocycles. The highest BCUT2D eigenvalue weighted by atomic mass is 16.5. The molecule has 0 radical (unpaired) electrons. The maximum atomic E-state index is 6.32. The lowest BCUT2D eigenvalue weighted by atomic mass is 9.79. The molecule has 0 aromatic heterocycles. The van der Waals surface area contributed by atoms with Gasteiger partial charge in [-0.25, -0.2) is 0 Å². The number of benzene rings is 1. The second-order valence-electron chi connectivity index (χ2n) is 6.64. The number of nitrogen functional groups attached to an aromatic ring is 1. The Kier molecular flexibility index (Phi) is 3.47. The highest BCUT2D eigenvalue weighted by Crippen LogP contribution is 2.38. The fraction of sp³-hybridized carbons (Fsp3) is 0.600. The van der Waals surface area contributed by atoms with Gasteiger partial charge in [0.15, 0.2) is 0 Å². The lowest BCUT2D eigenvalue weighted by molar-refractivity contribution is 0.410. The first-order valence-electron chi connectivity index (χ1n) is 6.06. The molecule has 2 N–H and O–H groups in total. The number of nitrogens with two attached hydrogens (primary N) is 1. The summed E-state index contributed by atoms with van der Waals surface area (Å²) in [5.74, 6) is 0.883. The first kappa shape index (κ1) is 13.9. The molecule has 0 saturated carbocycles. The molecular formula is C15H25NO. The number of anilines is 1. The summed E-state index contributed by atoms with van der Waals surface area (Å²) in [5, 5.41) is 0. The molecule has 96 valence electrons. The van der Waals surface area contributed by atoms with Crippen LogP contribution < -0.4 is 10.5 Å². The Bertz CT molecular complexity index is 373. The van der Waals surface area contributed by atoms with Crippen molar-refractivity contribution in [2.45, 2.75) is 52.4 Å². The third-order valence-electron chi connectivity index (χ3n) is 3.01. The van der Waals surface area contributed by atoms with Crippen LogP contribution in [0.1, 0.15) is 52.7 Å². The molecule has 0 fully saturated rings. The maximum Gasteiger partial charge on any atom is 0.119 e. The summed E-state index contributed by atoms with van der Waals surface area (Å²) in [6.45, 7) is 13.0. The van der Waals surface area contributed by atoms with E-state index in [1.807, 2.05) is 12.1 Å². The van der Waals surface area contributed by atoms with E-state index in [0.29, 0.717) is 0 Å². The van der Waals surface area contributed by atoms with Crippen LogP contribution in [0.3, 0.4) is 0 Å². The van der Waals surface area contributed by atoms with Crippen molar-refractivity contribution in [3.63, 3.8) is 0 Å². The van der Waals surface area contributed by atoms with Crippen molar-refractivity contribution in [2.24, 2.45) is 0 Å².